The molecule has 0 bridgehead atoms. The summed E-state index contributed by atoms with van der Waals surface area (Å²) in [5.41, 5.74) is 1.78. The van der Waals surface area contributed by atoms with E-state index in [1.165, 1.54) is 0 Å². The highest BCUT2D eigenvalue weighted by molar-refractivity contribution is 5.96. The van der Waals surface area contributed by atoms with Crippen LogP contribution in [0.2, 0.25) is 0 Å². The first-order valence-electron chi connectivity index (χ1n) is 7.56. The molecule has 21 heavy (non-hydrogen) atoms. The Morgan fingerprint density at radius 3 is 3.05 bits per heavy atom. The van der Waals surface area contributed by atoms with Gasteiger partial charge in [0, 0.05) is 24.7 Å². The number of fused-ring (bicyclic) bond motifs is 1. The lowest BCUT2D eigenvalue weighted by Crippen LogP contribution is -2.27. The zero-order valence-electron chi connectivity index (χ0n) is 12.5. The van der Waals surface area contributed by atoms with Crippen molar-refractivity contribution in [2.75, 3.05) is 18.5 Å². The minimum Gasteiger partial charge on any atom is -0.492 e. The van der Waals surface area contributed by atoms with Gasteiger partial charge in [-0.2, -0.15) is 0 Å². The molecule has 0 saturated carbocycles. The summed E-state index contributed by atoms with van der Waals surface area (Å²) in [5.74, 6) is 1.41. The molecule has 5 heteroatoms. The molecule has 0 unspecified atom stereocenters. The molecule has 1 aromatic carbocycles. The summed E-state index contributed by atoms with van der Waals surface area (Å²) in [6, 6.07) is 3.82. The first kappa shape index (κ1) is 14.2. The van der Waals surface area contributed by atoms with Crippen molar-refractivity contribution in [2.24, 2.45) is 0 Å². The molecule has 2 heterocycles. The first-order chi connectivity index (χ1) is 10.2. The van der Waals surface area contributed by atoms with E-state index in [0.29, 0.717) is 24.7 Å². The Labute approximate surface area is 124 Å². The summed E-state index contributed by atoms with van der Waals surface area (Å²) >= 11 is 0. The molecule has 2 atom stereocenters. The molecule has 1 N–H and O–H groups in total. The van der Waals surface area contributed by atoms with Crippen LogP contribution in [-0.2, 0) is 16.0 Å². The van der Waals surface area contributed by atoms with Crippen molar-refractivity contribution >= 4 is 11.6 Å². The van der Waals surface area contributed by atoms with Crippen LogP contribution in [0.15, 0.2) is 12.1 Å². The molecule has 2 aliphatic rings. The van der Waals surface area contributed by atoms with E-state index in [9.17, 15) is 4.79 Å². The van der Waals surface area contributed by atoms with E-state index in [1.54, 1.807) is 0 Å². The second kappa shape index (κ2) is 5.93. The summed E-state index contributed by atoms with van der Waals surface area (Å²) in [6.45, 7) is 5.17. The number of anilines is 1. The highest BCUT2D eigenvalue weighted by atomic mass is 16.5. The zero-order valence-corrected chi connectivity index (χ0v) is 12.5. The summed E-state index contributed by atoms with van der Waals surface area (Å²) < 4.78 is 16.8. The summed E-state index contributed by atoms with van der Waals surface area (Å²) in [6.07, 6.45) is 2.39. The Kier molecular flexibility index (Phi) is 4.01. The number of carbonyl (C=O) groups excluding carboxylic acids is 1. The molecule has 114 valence electrons. The number of amides is 1. The molecule has 3 rings (SSSR count). The Morgan fingerprint density at radius 1 is 1.48 bits per heavy atom. The van der Waals surface area contributed by atoms with Gasteiger partial charge in [0.2, 0.25) is 0 Å². The normalized spacial score (nSPS) is 23.5. The topological polar surface area (TPSA) is 56.8 Å². The maximum absolute atomic E-state index is 12.2. The van der Waals surface area contributed by atoms with E-state index in [1.807, 2.05) is 26.0 Å². The predicted octanol–water partition coefficient (Wildman–Crippen LogP) is 2.53. The monoisotopic (exact) mass is 291 g/mol. The van der Waals surface area contributed by atoms with E-state index >= 15 is 0 Å². The fraction of sp³-hybridized carbons (Fsp3) is 0.562. The third kappa shape index (κ3) is 2.97. The summed E-state index contributed by atoms with van der Waals surface area (Å²) in [4.78, 5) is 12.2. The molecule has 1 amide bonds. The molecule has 1 saturated heterocycles. The van der Waals surface area contributed by atoms with Crippen molar-refractivity contribution in [2.45, 2.75) is 45.3 Å². The number of hydrogen-bond acceptors (Lipinski definition) is 4. The van der Waals surface area contributed by atoms with Crippen LogP contribution in [-0.4, -0.2) is 31.3 Å². The van der Waals surface area contributed by atoms with E-state index in [4.69, 9.17) is 14.2 Å². The molecule has 1 aromatic rings. The van der Waals surface area contributed by atoms with Gasteiger partial charge in [0.05, 0.1) is 12.3 Å². The van der Waals surface area contributed by atoms with Gasteiger partial charge in [-0.15, -0.1) is 0 Å². The Bertz CT molecular complexity index is 537. The van der Waals surface area contributed by atoms with Gasteiger partial charge in [0.1, 0.15) is 23.7 Å². The van der Waals surface area contributed by atoms with Crippen molar-refractivity contribution < 1.29 is 19.0 Å². The van der Waals surface area contributed by atoms with Crippen molar-refractivity contribution in [3.8, 4) is 11.5 Å². The van der Waals surface area contributed by atoms with Gasteiger partial charge in [-0.1, -0.05) is 0 Å². The number of nitrogens with one attached hydrogen (secondary N) is 1. The molecule has 0 spiro atoms. The highest BCUT2D eigenvalue weighted by Gasteiger charge is 2.26. The van der Waals surface area contributed by atoms with Gasteiger partial charge in [-0.3, -0.25) is 4.79 Å². The van der Waals surface area contributed by atoms with E-state index in [-0.39, 0.29) is 18.1 Å². The maximum atomic E-state index is 12.2. The largest absolute Gasteiger partial charge is 0.492 e. The molecular formula is C16H21NO4. The molecule has 5 nitrogen and oxygen atoms in total. The average molecular weight is 291 g/mol. The van der Waals surface area contributed by atoms with Gasteiger partial charge < -0.3 is 19.5 Å². The minimum absolute atomic E-state index is 0.112. The minimum atomic E-state index is -0.354. The molecule has 0 radical (unpaired) electrons. The predicted molar refractivity (Wildman–Crippen MR) is 79.0 cm³/mol. The number of benzene rings is 1. The highest BCUT2D eigenvalue weighted by Crippen LogP contribution is 2.38. The lowest BCUT2D eigenvalue weighted by molar-refractivity contribution is -0.124. The van der Waals surface area contributed by atoms with Crippen LogP contribution in [0.4, 0.5) is 5.69 Å². The van der Waals surface area contributed by atoms with Crippen molar-refractivity contribution in [3.63, 3.8) is 0 Å². The quantitative estimate of drug-likeness (QED) is 0.926. The second-order valence-corrected chi connectivity index (χ2v) is 5.51. The lowest BCUT2D eigenvalue weighted by Gasteiger charge is -2.15. The number of rotatable bonds is 4. The van der Waals surface area contributed by atoms with Gasteiger partial charge in [0.15, 0.2) is 0 Å². The Balaban J connectivity index is 1.82. The SMILES string of the molecule is CCOc1cc2c(cc1NC(=O)[C@@H]1CCCO1)O[C@H](C)C2. The number of hydrogen-bond donors (Lipinski definition) is 1. The third-order valence-corrected chi connectivity index (χ3v) is 3.78. The summed E-state index contributed by atoms with van der Waals surface area (Å²) in [7, 11) is 0. The Hall–Kier alpha value is -1.75. The van der Waals surface area contributed by atoms with Crippen LogP contribution in [0.3, 0.4) is 0 Å². The second-order valence-electron chi connectivity index (χ2n) is 5.51. The third-order valence-electron chi connectivity index (χ3n) is 3.78. The van der Waals surface area contributed by atoms with Crippen LogP contribution in [0.1, 0.15) is 32.3 Å². The van der Waals surface area contributed by atoms with Crippen molar-refractivity contribution in [3.05, 3.63) is 17.7 Å². The first-order valence-corrected chi connectivity index (χ1v) is 7.56. The molecular weight excluding hydrogens is 270 g/mol. The smallest absolute Gasteiger partial charge is 0.253 e. The molecule has 1 fully saturated rings. The lowest BCUT2D eigenvalue weighted by atomic mass is 10.1. The number of carbonyl (C=O) groups is 1. The molecule has 0 aromatic heterocycles. The van der Waals surface area contributed by atoms with Gasteiger partial charge in [-0.05, 0) is 32.8 Å². The standard InChI is InChI=1S/C16H21NO4/c1-3-19-15-8-11-7-10(2)21-14(11)9-12(15)17-16(18)13-5-4-6-20-13/h8-10,13H,3-7H2,1-2H3,(H,17,18)/t10-,13+/m1/s1. The van der Waals surface area contributed by atoms with Crippen molar-refractivity contribution in [1.82, 2.24) is 0 Å². The van der Waals surface area contributed by atoms with Crippen LogP contribution in [0.25, 0.3) is 0 Å². The zero-order chi connectivity index (χ0) is 14.8. The number of ether oxygens (including phenoxy) is 3. The van der Waals surface area contributed by atoms with E-state index in [2.05, 4.69) is 5.32 Å². The Morgan fingerprint density at radius 2 is 2.33 bits per heavy atom. The van der Waals surface area contributed by atoms with Crippen molar-refractivity contribution in [1.29, 1.82) is 0 Å². The summed E-state index contributed by atoms with van der Waals surface area (Å²) in [5, 5.41) is 2.91. The van der Waals surface area contributed by atoms with Crippen LogP contribution in [0, 0.1) is 0 Å². The van der Waals surface area contributed by atoms with E-state index < -0.39 is 0 Å². The van der Waals surface area contributed by atoms with E-state index in [0.717, 1.165) is 30.6 Å². The van der Waals surface area contributed by atoms with Crippen LogP contribution < -0.4 is 14.8 Å². The van der Waals surface area contributed by atoms with Crippen LogP contribution >= 0.6 is 0 Å². The molecule has 2 aliphatic heterocycles. The molecule has 0 aliphatic carbocycles. The maximum Gasteiger partial charge on any atom is 0.253 e. The van der Waals surface area contributed by atoms with Crippen LogP contribution in [0.5, 0.6) is 11.5 Å². The fourth-order valence-electron chi connectivity index (χ4n) is 2.81. The van der Waals surface area contributed by atoms with Gasteiger partial charge in [0.25, 0.3) is 5.91 Å². The van der Waals surface area contributed by atoms with Gasteiger partial charge in [-0.25, -0.2) is 0 Å². The fourth-order valence-corrected chi connectivity index (χ4v) is 2.81. The van der Waals surface area contributed by atoms with Gasteiger partial charge >= 0.3 is 0 Å². The average Bonchev–Trinajstić information content (AvgIpc) is 3.07.